The Morgan fingerprint density at radius 1 is 1.19 bits per heavy atom. The molecular weight excluding hydrogens is 340 g/mol. The third-order valence-corrected chi connectivity index (χ3v) is 4.75. The van der Waals surface area contributed by atoms with Crippen LogP contribution in [-0.4, -0.2) is 49.4 Å². The zero-order valence-electron chi connectivity index (χ0n) is 15.5. The zero-order chi connectivity index (χ0) is 18.8. The molecule has 2 aromatic carbocycles. The SMILES string of the molecule is CCn1nnc2cc(C(=O)N(C)CCCc3nc4ccccc4[nH]3)ccc21. The summed E-state index contributed by atoms with van der Waals surface area (Å²) >= 11 is 0. The number of aromatic nitrogens is 5. The molecule has 0 fully saturated rings. The highest BCUT2D eigenvalue weighted by molar-refractivity contribution is 5.97. The Morgan fingerprint density at radius 3 is 2.85 bits per heavy atom. The van der Waals surface area contributed by atoms with Crippen molar-refractivity contribution in [1.82, 2.24) is 29.9 Å². The van der Waals surface area contributed by atoms with Gasteiger partial charge in [-0.2, -0.15) is 0 Å². The molecule has 7 heteroatoms. The highest BCUT2D eigenvalue weighted by Gasteiger charge is 2.14. The molecule has 0 radical (unpaired) electrons. The Kier molecular flexibility index (Phi) is 4.58. The third-order valence-electron chi connectivity index (χ3n) is 4.75. The van der Waals surface area contributed by atoms with Gasteiger partial charge in [0.25, 0.3) is 5.91 Å². The van der Waals surface area contributed by atoms with Crippen LogP contribution in [0, 0.1) is 0 Å². The van der Waals surface area contributed by atoms with Crippen molar-refractivity contribution in [1.29, 1.82) is 0 Å². The maximum Gasteiger partial charge on any atom is 0.253 e. The van der Waals surface area contributed by atoms with Gasteiger partial charge < -0.3 is 9.88 Å². The summed E-state index contributed by atoms with van der Waals surface area (Å²) in [4.78, 5) is 22.3. The fraction of sp³-hybridized carbons (Fsp3) is 0.300. The van der Waals surface area contributed by atoms with Crippen LogP contribution in [0.2, 0.25) is 0 Å². The van der Waals surface area contributed by atoms with Gasteiger partial charge in [-0.25, -0.2) is 9.67 Å². The largest absolute Gasteiger partial charge is 0.342 e. The molecule has 0 spiro atoms. The lowest BCUT2D eigenvalue weighted by Gasteiger charge is -2.16. The molecule has 4 aromatic rings. The minimum Gasteiger partial charge on any atom is -0.342 e. The number of hydrogen-bond donors (Lipinski definition) is 1. The summed E-state index contributed by atoms with van der Waals surface area (Å²) in [6, 6.07) is 13.6. The van der Waals surface area contributed by atoms with Gasteiger partial charge in [0.2, 0.25) is 0 Å². The number of aryl methyl sites for hydroxylation is 2. The fourth-order valence-corrected chi connectivity index (χ4v) is 3.27. The van der Waals surface area contributed by atoms with Gasteiger partial charge in [0.05, 0.1) is 16.6 Å². The van der Waals surface area contributed by atoms with Crippen molar-refractivity contribution >= 4 is 28.0 Å². The number of carbonyl (C=O) groups is 1. The Hall–Kier alpha value is -3.22. The lowest BCUT2D eigenvalue weighted by molar-refractivity contribution is 0.0793. The van der Waals surface area contributed by atoms with Crippen molar-refractivity contribution in [3.05, 3.63) is 53.9 Å². The number of nitrogens with zero attached hydrogens (tertiary/aromatic N) is 5. The first-order chi connectivity index (χ1) is 13.2. The standard InChI is InChI=1S/C20H22N6O/c1-3-26-18-11-10-14(13-17(18)23-24-26)20(27)25(2)12-6-9-19-21-15-7-4-5-8-16(15)22-19/h4-5,7-8,10-11,13H,3,6,9,12H2,1-2H3,(H,21,22). The number of amides is 1. The van der Waals surface area contributed by atoms with Crippen LogP contribution in [0.4, 0.5) is 0 Å². The molecule has 27 heavy (non-hydrogen) atoms. The van der Waals surface area contributed by atoms with E-state index in [-0.39, 0.29) is 5.91 Å². The molecule has 2 aromatic heterocycles. The number of imidazole rings is 1. The van der Waals surface area contributed by atoms with E-state index in [1.807, 2.05) is 61.1 Å². The molecule has 0 bridgehead atoms. The predicted octanol–water partition coefficient (Wildman–Crippen LogP) is 3.03. The van der Waals surface area contributed by atoms with E-state index in [0.29, 0.717) is 12.1 Å². The highest BCUT2D eigenvalue weighted by atomic mass is 16.2. The lowest BCUT2D eigenvalue weighted by Crippen LogP contribution is -2.28. The van der Waals surface area contributed by atoms with Crippen LogP contribution >= 0.6 is 0 Å². The van der Waals surface area contributed by atoms with E-state index >= 15 is 0 Å². The van der Waals surface area contributed by atoms with Gasteiger partial charge >= 0.3 is 0 Å². The van der Waals surface area contributed by atoms with E-state index in [1.165, 1.54) is 0 Å². The summed E-state index contributed by atoms with van der Waals surface area (Å²) < 4.78 is 1.82. The quantitative estimate of drug-likeness (QED) is 0.572. The zero-order valence-corrected chi connectivity index (χ0v) is 15.5. The molecule has 0 aliphatic carbocycles. The van der Waals surface area contributed by atoms with Gasteiger partial charge in [0.15, 0.2) is 0 Å². The molecule has 7 nitrogen and oxygen atoms in total. The fourth-order valence-electron chi connectivity index (χ4n) is 3.27. The summed E-state index contributed by atoms with van der Waals surface area (Å²) in [5.74, 6) is 0.946. The molecule has 0 atom stereocenters. The van der Waals surface area contributed by atoms with Crippen LogP contribution in [0.15, 0.2) is 42.5 Å². The van der Waals surface area contributed by atoms with Crippen LogP contribution in [0.5, 0.6) is 0 Å². The molecule has 0 aliphatic heterocycles. The molecule has 1 amide bonds. The smallest absolute Gasteiger partial charge is 0.253 e. The molecule has 2 heterocycles. The van der Waals surface area contributed by atoms with E-state index < -0.39 is 0 Å². The third kappa shape index (κ3) is 3.40. The Morgan fingerprint density at radius 2 is 2.04 bits per heavy atom. The lowest BCUT2D eigenvalue weighted by atomic mass is 10.1. The number of hydrogen-bond acceptors (Lipinski definition) is 4. The Balaban J connectivity index is 1.38. The average Bonchev–Trinajstić information content (AvgIpc) is 3.29. The first-order valence-electron chi connectivity index (χ1n) is 9.18. The Bertz CT molecular complexity index is 1060. The van der Waals surface area contributed by atoms with Crippen molar-refractivity contribution in [3.8, 4) is 0 Å². The molecule has 1 N–H and O–H groups in total. The van der Waals surface area contributed by atoms with Gasteiger partial charge in [0, 0.05) is 32.1 Å². The molecule has 0 unspecified atom stereocenters. The topological polar surface area (TPSA) is 79.7 Å². The second-order valence-corrected chi connectivity index (χ2v) is 6.64. The number of H-pyrrole nitrogens is 1. The van der Waals surface area contributed by atoms with Gasteiger partial charge in [0.1, 0.15) is 11.3 Å². The second-order valence-electron chi connectivity index (χ2n) is 6.64. The van der Waals surface area contributed by atoms with Crippen molar-refractivity contribution in [3.63, 3.8) is 0 Å². The van der Waals surface area contributed by atoms with E-state index in [0.717, 1.165) is 47.3 Å². The van der Waals surface area contributed by atoms with Crippen molar-refractivity contribution in [2.75, 3.05) is 13.6 Å². The number of fused-ring (bicyclic) bond motifs is 2. The van der Waals surface area contributed by atoms with Crippen LogP contribution in [0.3, 0.4) is 0 Å². The van der Waals surface area contributed by atoms with Gasteiger partial charge in [-0.05, 0) is 43.7 Å². The summed E-state index contributed by atoms with van der Waals surface area (Å²) in [5, 5.41) is 8.24. The first-order valence-corrected chi connectivity index (χ1v) is 9.18. The second kappa shape index (κ2) is 7.19. The van der Waals surface area contributed by atoms with E-state index in [1.54, 1.807) is 4.90 Å². The van der Waals surface area contributed by atoms with E-state index in [9.17, 15) is 4.79 Å². The van der Waals surface area contributed by atoms with Gasteiger partial charge in [-0.3, -0.25) is 4.79 Å². The molecule has 0 saturated carbocycles. The maximum absolute atomic E-state index is 12.7. The van der Waals surface area contributed by atoms with Crippen LogP contribution in [0.25, 0.3) is 22.1 Å². The average molecular weight is 362 g/mol. The summed E-state index contributed by atoms with van der Waals surface area (Å²) in [7, 11) is 1.83. The van der Waals surface area contributed by atoms with Crippen LogP contribution < -0.4 is 0 Å². The summed E-state index contributed by atoms with van der Waals surface area (Å²) in [5.41, 5.74) is 4.35. The van der Waals surface area contributed by atoms with Crippen molar-refractivity contribution in [2.24, 2.45) is 0 Å². The van der Waals surface area contributed by atoms with Crippen LogP contribution in [-0.2, 0) is 13.0 Å². The number of benzene rings is 2. The maximum atomic E-state index is 12.7. The highest BCUT2D eigenvalue weighted by Crippen LogP contribution is 2.15. The summed E-state index contributed by atoms with van der Waals surface area (Å²) in [6.45, 7) is 3.43. The van der Waals surface area contributed by atoms with Crippen molar-refractivity contribution < 1.29 is 4.79 Å². The molecule has 4 rings (SSSR count). The number of para-hydroxylation sites is 2. The number of aromatic amines is 1. The predicted molar refractivity (Wildman–Crippen MR) is 105 cm³/mol. The first kappa shape index (κ1) is 17.2. The number of rotatable bonds is 6. The van der Waals surface area contributed by atoms with Crippen molar-refractivity contribution in [2.45, 2.75) is 26.3 Å². The Labute approximate surface area is 157 Å². The molecule has 0 saturated heterocycles. The minimum absolute atomic E-state index is 0.00689. The summed E-state index contributed by atoms with van der Waals surface area (Å²) in [6.07, 6.45) is 1.65. The normalized spacial score (nSPS) is 11.3. The minimum atomic E-state index is -0.00689. The molecule has 0 aliphatic rings. The molecule has 138 valence electrons. The monoisotopic (exact) mass is 362 g/mol. The number of carbonyl (C=O) groups excluding carboxylic acids is 1. The van der Waals surface area contributed by atoms with Gasteiger partial charge in [-0.1, -0.05) is 17.3 Å². The van der Waals surface area contributed by atoms with Crippen LogP contribution in [0.1, 0.15) is 29.5 Å². The van der Waals surface area contributed by atoms with E-state index in [2.05, 4.69) is 20.3 Å². The molecular formula is C20H22N6O. The number of nitrogens with one attached hydrogen (secondary N) is 1. The van der Waals surface area contributed by atoms with E-state index in [4.69, 9.17) is 0 Å². The van der Waals surface area contributed by atoms with Gasteiger partial charge in [-0.15, -0.1) is 5.10 Å².